The molecule has 0 bridgehead atoms. The summed E-state index contributed by atoms with van der Waals surface area (Å²) in [6, 6.07) is 6.06. The summed E-state index contributed by atoms with van der Waals surface area (Å²) in [5, 5.41) is 9.27. The first-order chi connectivity index (χ1) is 14.2. The van der Waals surface area contributed by atoms with E-state index in [4.69, 9.17) is 23.7 Å². The summed E-state index contributed by atoms with van der Waals surface area (Å²) < 4.78 is 26.0. The molecular formula is C20H22O10. The van der Waals surface area contributed by atoms with Crippen LogP contribution in [0.1, 0.15) is 26.3 Å². The van der Waals surface area contributed by atoms with Gasteiger partial charge in [0.25, 0.3) is 0 Å². The SMILES string of the molecule is CC(=O)O[C@@H]1[C@@H](OC(C)=O)[C@H](OC(=O)/C=C/c2ccc(O)cc2)OC[C@H]1OC(C)=O. The molecule has 4 atom stereocenters. The van der Waals surface area contributed by atoms with Gasteiger partial charge in [-0.3, -0.25) is 14.4 Å². The maximum atomic E-state index is 12.2. The van der Waals surface area contributed by atoms with E-state index in [0.29, 0.717) is 5.56 Å². The van der Waals surface area contributed by atoms with Crippen LogP contribution in [0.5, 0.6) is 5.75 Å². The first-order valence-electron chi connectivity index (χ1n) is 8.96. The number of hydrogen-bond donors (Lipinski definition) is 1. The van der Waals surface area contributed by atoms with E-state index >= 15 is 0 Å². The van der Waals surface area contributed by atoms with E-state index in [1.165, 1.54) is 18.2 Å². The zero-order valence-corrected chi connectivity index (χ0v) is 16.6. The van der Waals surface area contributed by atoms with Crippen LogP contribution in [-0.2, 0) is 42.9 Å². The molecule has 0 aliphatic carbocycles. The fourth-order valence-electron chi connectivity index (χ4n) is 2.71. The summed E-state index contributed by atoms with van der Waals surface area (Å²) in [6.45, 7) is 3.15. The smallest absolute Gasteiger partial charge is 0.333 e. The molecule has 1 aliphatic heterocycles. The maximum absolute atomic E-state index is 12.2. The van der Waals surface area contributed by atoms with Gasteiger partial charge in [0.05, 0.1) is 6.61 Å². The van der Waals surface area contributed by atoms with Crippen molar-refractivity contribution in [3.8, 4) is 5.75 Å². The van der Waals surface area contributed by atoms with Gasteiger partial charge >= 0.3 is 23.9 Å². The number of aromatic hydroxyl groups is 1. The Morgan fingerprint density at radius 3 is 2.03 bits per heavy atom. The number of hydrogen-bond acceptors (Lipinski definition) is 10. The third-order valence-electron chi connectivity index (χ3n) is 3.84. The van der Waals surface area contributed by atoms with Crippen LogP contribution in [-0.4, -0.2) is 60.2 Å². The van der Waals surface area contributed by atoms with E-state index in [1.54, 1.807) is 12.1 Å². The molecule has 1 heterocycles. The second kappa shape index (κ2) is 10.4. The lowest BCUT2D eigenvalue weighted by Gasteiger charge is -2.39. The van der Waals surface area contributed by atoms with Gasteiger partial charge in [-0.05, 0) is 23.8 Å². The molecule has 2 rings (SSSR count). The predicted molar refractivity (Wildman–Crippen MR) is 99.6 cm³/mol. The fraction of sp³-hybridized carbons (Fsp3) is 0.400. The molecule has 0 unspecified atom stereocenters. The molecule has 10 heteroatoms. The number of esters is 4. The predicted octanol–water partition coefficient (Wildman–Crippen LogP) is 1.10. The van der Waals surface area contributed by atoms with Crippen LogP contribution in [0.15, 0.2) is 30.3 Å². The molecule has 1 aromatic rings. The molecule has 0 radical (unpaired) electrons. The molecule has 0 aromatic heterocycles. The van der Waals surface area contributed by atoms with Crippen molar-refractivity contribution >= 4 is 30.0 Å². The number of benzene rings is 1. The van der Waals surface area contributed by atoms with Crippen molar-refractivity contribution in [3.05, 3.63) is 35.9 Å². The molecule has 0 spiro atoms. The molecule has 1 saturated heterocycles. The topological polar surface area (TPSA) is 135 Å². The van der Waals surface area contributed by atoms with Crippen LogP contribution in [0, 0.1) is 0 Å². The third-order valence-corrected chi connectivity index (χ3v) is 3.84. The minimum atomic E-state index is -1.40. The van der Waals surface area contributed by atoms with Gasteiger partial charge in [0.1, 0.15) is 5.75 Å². The average Bonchev–Trinajstić information content (AvgIpc) is 2.65. The second-order valence-corrected chi connectivity index (χ2v) is 6.36. The molecule has 1 fully saturated rings. The lowest BCUT2D eigenvalue weighted by molar-refractivity contribution is -0.272. The summed E-state index contributed by atoms with van der Waals surface area (Å²) in [7, 11) is 0. The number of phenols is 1. The Bertz CT molecular complexity index is 813. The van der Waals surface area contributed by atoms with Gasteiger partial charge in [0.15, 0.2) is 12.2 Å². The minimum absolute atomic E-state index is 0.0772. The first kappa shape index (κ1) is 22.9. The van der Waals surface area contributed by atoms with Gasteiger partial charge in [-0.2, -0.15) is 0 Å². The summed E-state index contributed by atoms with van der Waals surface area (Å²) in [6.07, 6.45) is -2.49. The largest absolute Gasteiger partial charge is 0.508 e. The van der Waals surface area contributed by atoms with Crippen molar-refractivity contribution in [1.29, 1.82) is 0 Å². The zero-order valence-electron chi connectivity index (χ0n) is 16.6. The van der Waals surface area contributed by atoms with Crippen molar-refractivity contribution in [1.82, 2.24) is 0 Å². The number of carbonyl (C=O) groups excluding carboxylic acids is 4. The lowest BCUT2D eigenvalue weighted by Crippen LogP contribution is -2.58. The van der Waals surface area contributed by atoms with E-state index in [2.05, 4.69) is 0 Å². The van der Waals surface area contributed by atoms with Gasteiger partial charge in [-0.15, -0.1) is 0 Å². The molecule has 162 valence electrons. The fourth-order valence-corrected chi connectivity index (χ4v) is 2.71. The Hall–Kier alpha value is -3.40. The van der Waals surface area contributed by atoms with Gasteiger partial charge in [-0.1, -0.05) is 12.1 Å². The highest BCUT2D eigenvalue weighted by Crippen LogP contribution is 2.25. The van der Waals surface area contributed by atoms with Crippen molar-refractivity contribution in [2.24, 2.45) is 0 Å². The standard InChI is InChI=1S/C20H22O10/c1-11(21)27-16-10-26-20(19(29-13(3)23)18(16)28-12(2)22)30-17(25)9-6-14-4-7-15(24)8-5-14/h4-9,16,18-20,24H,10H2,1-3H3/b9-6+/t16-,18+,19-,20+/m1/s1. The van der Waals surface area contributed by atoms with Crippen molar-refractivity contribution in [3.63, 3.8) is 0 Å². The highest BCUT2D eigenvalue weighted by atomic mass is 16.7. The highest BCUT2D eigenvalue weighted by molar-refractivity contribution is 5.87. The molecular weight excluding hydrogens is 400 g/mol. The van der Waals surface area contributed by atoms with Crippen molar-refractivity contribution in [2.75, 3.05) is 6.61 Å². The first-order valence-corrected chi connectivity index (χ1v) is 8.96. The highest BCUT2D eigenvalue weighted by Gasteiger charge is 2.48. The van der Waals surface area contributed by atoms with Gasteiger partial charge in [0, 0.05) is 26.8 Å². The number of phenolic OH excluding ortho intramolecular Hbond substituents is 1. The molecule has 1 aliphatic rings. The van der Waals surface area contributed by atoms with E-state index in [-0.39, 0.29) is 12.4 Å². The van der Waals surface area contributed by atoms with Crippen LogP contribution in [0.25, 0.3) is 6.08 Å². The van der Waals surface area contributed by atoms with Gasteiger partial charge < -0.3 is 28.8 Å². The minimum Gasteiger partial charge on any atom is -0.508 e. The second-order valence-electron chi connectivity index (χ2n) is 6.36. The third kappa shape index (κ3) is 6.89. The quantitative estimate of drug-likeness (QED) is 0.403. The van der Waals surface area contributed by atoms with Crippen molar-refractivity contribution < 1.29 is 48.0 Å². The van der Waals surface area contributed by atoms with E-state index in [9.17, 15) is 24.3 Å². The Labute approximate surface area is 172 Å². The summed E-state index contributed by atoms with van der Waals surface area (Å²) in [5.41, 5.74) is 0.624. The van der Waals surface area contributed by atoms with Crippen LogP contribution >= 0.6 is 0 Å². The summed E-state index contributed by atoms with van der Waals surface area (Å²) >= 11 is 0. The Morgan fingerprint density at radius 2 is 1.47 bits per heavy atom. The molecule has 0 saturated carbocycles. The molecule has 1 N–H and O–H groups in total. The van der Waals surface area contributed by atoms with E-state index < -0.39 is 48.5 Å². The monoisotopic (exact) mass is 422 g/mol. The van der Waals surface area contributed by atoms with Crippen LogP contribution in [0.2, 0.25) is 0 Å². The molecule has 1 aromatic carbocycles. The van der Waals surface area contributed by atoms with Gasteiger partial charge in [0.2, 0.25) is 12.4 Å². The lowest BCUT2D eigenvalue weighted by atomic mass is 10.0. The Morgan fingerprint density at radius 1 is 0.900 bits per heavy atom. The van der Waals surface area contributed by atoms with Crippen LogP contribution < -0.4 is 0 Å². The van der Waals surface area contributed by atoms with Crippen LogP contribution in [0.4, 0.5) is 0 Å². The molecule has 10 nitrogen and oxygen atoms in total. The van der Waals surface area contributed by atoms with E-state index in [0.717, 1.165) is 26.8 Å². The number of rotatable bonds is 6. The maximum Gasteiger partial charge on any atom is 0.333 e. The summed E-state index contributed by atoms with van der Waals surface area (Å²) in [5.74, 6) is -2.86. The van der Waals surface area contributed by atoms with E-state index in [1.807, 2.05) is 0 Å². The zero-order chi connectivity index (χ0) is 22.3. The molecule has 0 amide bonds. The Balaban J connectivity index is 2.16. The van der Waals surface area contributed by atoms with Crippen molar-refractivity contribution in [2.45, 2.75) is 45.4 Å². The van der Waals surface area contributed by atoms with Gasteiger partial charge in [-0.25, -0.2) is 4.79 Å². The van der Waals surface area contributed by atoms with Crippen LogP contribution in [0.3, 0.4) is 0 Å². The molecule has 30 heavy (non-hydrogen) atoms. The number of carbonyl (C=O) groups is 4. The average molecular weight is 422 g/mol. The number of ether oxygens (including phenoxy) is 5. The Kier molecular flexibility index (Phi) is 7.93. The normalized spacial score (nSPS) is 23.4. The summed E-state index contributed by atoms with van der Waals surface area (Å²) in [4.78, 5) is 46.6.